The minimum atomic E-state index is -0.220. The van der Waals surface area contributed by atoms with Crippen LogP contribution in [0.3, 0.4) is 0 Å². The average molecular weight is 146 g/mol. The lowest BCUT2D eigenvalue weighted by Crippen LogP contribution is -2.40. The van der Waals surface area contributed by atoms with Crippen LogP contribution in [-0.2, 0) is 0 Å². The van der Waals surface area contributed by atoms with Crippen LogP contribution in [0, 0.1) is 0 Å². The van der Waals surface area contributed by atoms with Crippen LogP contribution in [0.4, 0.5) is 4.79 Å². The predicted molar refractivity (Wildman–Crippen MR) is 38.5 cm³/mol. The zero-order chi connectivity index (χ0) is 7.98. The molecular formula is C6H14N2O2. The molecule has 60 valence electrons. The molecule has 0 saturated carbocycles. The van der Waals surface area contributed by atoms with Gasteiger partial charge in [0.05, 0.1) is 0 Å². The molecule has 0 aliphatic carbocycles. The van der Waals surface area contributed by atoms with E-state index < -0.39 is 0 Å². The number of carbonyl (C=O) groups excluding carboxylic acids is 1. The molecule has 0 fully saturated rings. The summed E-state index contributed by atoms with van der Waals surface area (Å²) in [5.41, 5.74) is 0. The Kier molecular flexibility index (Phi) is 4.66. The first-order valence-corrected chi connectivity index (χ1v) is 3.39. The van der Waals surface area contributed by atoms with E-state index in [4.69, 9.17) is 5.11 Å². The molecule has 0 unspecified atom stereocenters. The molecule has 0 rings (SSSR count). The number of aliphatic hydroxyl groups excluding tert-OH is 1. The summed E-state index contributed by atoms with van der Waals surface area (Å²) in [5, 5.41) is 11.2. The van der Waals surface area contributed by atoms with Gasteiger partial charge in [0, 0.05) is 13.1 Å². The van der Waals surface area contributed by atoms with Gasteiger partial charge >= 0.3 is 6.03 Å². The van der Waals surface area contributed by atoms with Crippen LogP contribution in [0.1, 0.15) is 13.8 Å². The molecule has 0 aromatic heterocycles. The topological polar surface area (TPSA) is 52.6 Å². The van der Waals surface area contributed by atoms with Gasteiger partial charge in [0.1, 0.15) is 6.73 Å². The number of hydrogen-bond acceptors (Lipinski definition) is 2. The predicted octanol–water partition coefficient (Wildman–Crippen LogP) is -0.0124. The highest BCUT2D eigenvalue weighted by molar-refractivity contribution is 5.73. The Hall–Kier alpha value is -0.770. The zero-order valence-electron chi connectivity index (χ0n) is 6.42. The summed E-state index contributed by atoms with van der Waals surface area (Å²) in [5.74, 6) is 0. The molecule has 0 aliphatic rings. The van der Waals surface area contributed by atoms with E-state index >= 15 is 0 Å². The highest BCUT2D eigenvalue weighted by atomic mass is 16.3. The van der Waals surface area contributed by atoms with E-state index in [1.54, 1.807) is 0 Å². The highest BCUT2D eigenvalue weighted by Gasteiger charge is 2.06. The molecule has 0 aromatic carbocycles. The second kappa shape index (κ2) is 5.05. The lowest BCUT2D eigenvalue weighted by Gasteiger charge is -2.17. The highest BCUT2D eigenvalue weighted by Crippen LogP contribution is 1.84. The number of rotatable bonds is 3. The molecule has 0 saturated heterocycles. The van der Waals surface area contributed by atoms with Gasteiger partial charge in [-0.3, -0.25) is 0 Å². The molecule has 2 amide bonds. The van der Waals surface area contributed by atoms with E-state index in [1.807, 2.05) is 13.8 Å². The molecular weight excluding hydrogens is 132 g/mol. The van der Waals surface area contributed by atoms with E-state index in [1.165, 1.54) is 4.90 Å². The molecule has 0 bridgehead atoms. The summed E-state index contributed by atoms with van der Waals surface area (Å²) in [6, 6.07) is -0.215. The van der Waals surface area contributed by atoms with Crippen molar-refractivity contribution < 1.29 is 9.90 Å². The maximum Gasteiger partial charge on any atom is 0.319 e. The van der Waals surface area contributed by atoms with Gasteiger partial charge in [0.25, 0.3) is 0 Å². The van der Waals surface area contributed by atoms with Crippen molar-refractivity contribution in [1.82, 2.24) is 10.2 Å². The smallest absolute Gasteiger partial charge is 0.319 e. The van der Waals surface area contributed by atoms with Crippen LogP contribution < -0.4 is 5.32 Å². The number of nitrogens with zero attached hydrogens (tertiary/aromatic N) is 1. The van der Waals surface area contributed by atoms with Crippen molar-refractivity contribution in [3.05, 3.63) is 0 Å². The fourth-order valence-corrected chi connectivity index (χ4v) is 0.571. The quantitative estimate of drug-likeness (QED) is 0.550. The Bertz CT molecular complexity index is 102. The number of carbonyl (C=O) groups is 1. The van der Waals surface area contributed by atoms with Crippen molar-refractivity contribution in [1.29, 1.82) is 0 Å². The Morgan fingerprint density at radius 3 is 2.50 bits per heavy atom. The minimum Gasteiger partial charge on any atom is -0.376 e. The molecule has 0 aromatic rings. The molecule has 4 heteroatoms. The average Bonchev–Trinajstić information content (AvgIpc) is 1.91. The lowest BCUT2D eigenvalue weighted by atomic mass is 10.6. The number of aliphatic hydroxyl groups is 1. The van der Waals surface area contributed by atoms with Crippen molar-refractivity contribution in [3.8, 4) is 0 Å². The SMILES string of the molecule is CCNC(=O)N(CC)CO. The molecule has 0 radical (unpaired) electrons. The second-order valence-electron chi connectivity index (χ2n) is 1.83. The largest absolute Gasteiger partial charge is 0.376 e. The van der Waals surface area contributed by atoms with Crippen molar-refractivity contribution in [3.63, 3.8) is 0 Å². The molecule has 0 heterocycles. The fraction of sp³-hybridized carbons (Fsp3) is 0.833. The van der Waals surface area contributed by atoms with Crippen LogP contribution >= 0.6 is 0 Å². The van der Waals surface area contributed by atoms with Crippen molar-refractivity contribution in [2.45, 2.75) is 13.8 Å². The Morgan fingerprint density at radius 1 is 1.60 bits per heavy atom. The minimum absolute atomic E-state index is 0.215. The normalized spacial score (nSPS) is 9.10. The van der Waals surface area contributed by atoms with Gasteiger partial charge < -0.3 is 15.3 Å². The van der Waals surface area contributed by atoms with Crippen molar-refractivity contribution >= 4 is 6.03 Å². The Morgan fingerprint density at radius 2 is 2.20 bits per heavy atom. The summed E-state index contributed by atoms with van der Waals surface area (Å²) in [6.45, 7) is 4.55. The summed E-state index contributed by atoms with van der Waals surface area (Å²) < 4.78 is 0. The van der Waals surface area contributed by atoms with Gasteiger partial charge in [-0.25, -0.2) is 4.79 Å². The van der Waals surface area contributed by atoms with E-state index in [0.29, 0.717) is 13.1 Å². The van der Waals surface area contributed by atoms with Gasteiger partial charge in [-0.05, 0) is 13.8 Å². The maximum absolute atomic E-state index is 10.9. The van der Waals surface area contributed by atoms with Crippen LogP contribution in [0.5, 0.6) is 0 Å². The lowest BCUT2D eigenvalue weighted by molar-refractivity contribution is 0.127. The molecule has 0 spiro atoms. The standard InChI is InChI=1S/C6H14N2O2/c1-3-7-6(10)8(4-2)5-9/h9H,3-5H2,1-2H3,(H,7,10). The first kappa shape index (κ1) is 9.23. The van der Waals surface area contributed by atoms with Crippen LogP contribution in [0.15, 0.2) is 0 Å². The van der Waals surface area contributed by atoms with E-state index in [0.717, 1.165) is 0 Å². The molecule has 10 heavy (non-hydrogen) atoms. The van der Waals surface area contributed by atoms with E-state index in [2.05, 4.69) is 5.32 Å². The first-order chi connectivity index (χ1) is 4.76. The van der Waals surface area contributed by atoms with Crippen molar-refractivity contribution in [2.75, 3.05) is 19.8 Å². The fourth-order valence-electron chi connectivity index (χ4n) is 0.571. The summed E-state index contributed by atoms with van der Waals surface area (Å²) in [7, 11) is 0. The van der Waals surface area contributed by atoms with Gasteiger partial charge in [0.15, 0.2) is 0 Å². The van der Waals surface area contributed by atoms with Gasteiger partial charge in [-0.2, -0.15) is 0 Å². The van der Waals surface area contributed by atoms with E-state index in [-0.39, 0.29) is 12.8 Å². The number of hydrogen-bond donors (Lipinski definition) is 2. The van der Waals surface area contributed by atoms with Gasteiger partial charge in [-0.1, -0.05) is 0 Å². The second-order valence-corrected chi connectivity index (χ2v) is 1.83. The van der Waals surface area contributed by atoms with Gasteiger partial charge in [-0.15, -0.1) is 0 Å². The number of amides is 2. The third-order valence-corrected chi connectivity index (χ3v) is 1.17. The zero-order valence-corrected chi connectivity index (χ0v) is 6.42. The first-order valence-electron chi connectivity index (χ1n) is 3.39. The number of nitrogens with one attached hydrogen (secondary N) is 1. The van der Waals surface area contributed by atoms with E-state index in [9.17, 15) is 4.79 Å². The van der Waals surface area contributed by atoms with Crippen LogP contribution in [-0.4, -0.2) is 35.9 Å². The molecule has 0 atom stereocenters. The number of urea groups is 1. The van der Waals surface area contributed by atoms with Gasteiger partial charge in [0.2, 0.25) is 0 Å². The Balaban J connectivity index is 3.65. The summed E-state index contributed by atoms with van der Waals surface area (Å²) >= 11 is 0. The third-order valence-electron chi connectivity index (χ3n) is 1.17. The summed E-state index contributed by atoms with van der Waals surface area (Å²) in [4.78, 5) is 12.2. The monoisotopic (exact) mass is 146 g/mol. The molecule has 0 aliphatic heterocycles. The maximum atomic E-state index is 10.9. The van der Waals surface area contributed by atoms with Crippen LogP contribution in [0.25, 0.3) is 0 Å². The third kappa shape index (κ3) is 2.68. The van der Waals surface area contributed by atoms with Crippen LogP contribution in [0.2, 0.25) is 0 Å². The molecule has 2 N–H and O–H groups in total. The summed E-state index contributed by atoms with van der Waals surface area (Å²) in [6.07, 6.45) is 0. The molecule has 4 nitrogen and oxygen atoms in total. The van der Waals surface area contributed by atoms with Crippen molar-refractivity contribution in [2.24, 2.45) is 0 Å². The Labute approximate surface area is 60.8 Å².